The molecule has 6 heteroatoms. The lowest BCUT2D eigenvalue weighted by Crippen LogP contribution is -2.31. The third kappa shape index (κ3) is 5.43. The average Bonchev–Trinajstić information content (AvgIpc) is 2.35. The van der Waals surface area contributed by atoms with Crippen LogP contribution in [-0.2, 0) is 21.2 Å². The second-order valence-corrected chi connectivity index (χ2v) is 6.62. The molecule has 0 aliphatic rings. The van der Waals surface area contributed by atoms with Gasteiger partial charge in [-0.3, -0.25) is 4.79 Å². The van der Waals surface area contributed by atoms with Crippen molar-refractivity contribution in [2.75, 3.05) is 25.6 Å². The lowest BCUT2D eigenvalue weighted by molar-refractivity contribution is -0.127. The second-order valence-electron chi connectivity index (χ2n) is 4.48. The first-order valence-corrected chi connectivity index (χ1v) is 8.08. The zero-order valence-corrected chi connectivity index (χ0v) is 12.4. The van der Waals surface area contributed by atoms with Gasteiger partial charge in [0.2, 0.25) is 5.91 Å². The summed E-state index contributed by atoms with van der Waals surface area (Å²) < 4.78 is 22.2. The summed E-state index contributed by atoms with van der Waals surface area (Å²) in [5.74, 6) is 4.78. The zero-order chi connectivity index (χ0) is 15.2. The zero-order valence-electron chi connectivity index (χ0n) is 11.6. The van der Waals surface area contributed by atoms with Gasteiger partial charge in [-0.1, -0.05) is 30.0 Å². The van der Waals surface area contributed by atoms with Gasteiger partial charge >= 0.3 is 0 Å². The molecule has 0 atom stereocenters. The highest BCUT2D eigenvalue weighted by Crippen LogP contribution is 2.10. The van der Waals surface area contributed by atoms with Crippen LogP contribution in [0.1, 0.15) is 11.1 Å². The van der Waals surface area contributed by atoms with E-state index in [2.05, 4.69) is 11.8 Å². The fourth-order valence-corrected chi connectivity index (χ4v) is 2.27. The summed E-state index contributed by atoms with van der Waals surface area (Å²) in [6.45, 7) is 0.570. The third-order valence-electron chi connectivity index (χ3n) is 2.56. The highest BCUT2D eigenvalue weighted by molar-refractivity contribution is 7.91. The van der Waals surface area contributed by atoms with Crippen molar-refractivity contribution in [2.45, 2.75) is 6.54 Å². The van der Waals surface area contributed by atoms with Crippen molar-refractivity contribution in [1.29, 1.82) is 0 Å². The predicted molar refractivity (Wildman–Crippen MR) is 78.6 cm³/mol. The molecule has 0 spiro atoms. The van der Waals surface area contributed by atoms with Gasteiger partial charge in [-0.25, -0.2) is 8.42 Å². The maximum atomic E-state index is 11.8. The number of hydrogen-bond acceptors (Lipinski definition) is 4. The summed E-state index contributed by atoms with van der Waals surface area (Å²) in [7, 11) is -1.75. The van der Waals surface area contributed by atoms with E-state index in [1.54, 1.807) is 7.05 Å². The number of carbonyl (C=O) groups excluding carboxylic acids is 1. The molecule has 20 heavy (non-hydrogen) atoms. The second kappa shape index (κ2) is 7.08. The van der Waals surface area contributed by atoms with Crippen LogP contribution < -0.4 is 5.73 Å². The molecule has 5 nitrogen and oxygen atoms in total. The molecule has 2 N–H and O–H groups in total. The first-order chi connectivity index (χ1) is 9.33. The standard InChI is InChI=1S/C14H18N2O3S/c1-16(14(17)11-20(2,18)19)10-13-7-4-3-6-12(13)8-5-9-15/h3-4,6-7H,9-11,15H2,1-2H3. The molecule has 0 bridgehead atoms. The molecule has 0 aliphatic heterocycles. The fraction of sp³-hybridized carbons (Fsp3) is 0.357. The van der Waals surface area contributed by atoms with Crippen molar-refractivity contribution in [3.05, 3.63) is 35.4 Å². The molecule has 0 aromatic heterocycles. The Morgan fingerprint density at radius 1 is 1.35 bits per heavy atom. The molecule has 0 unspecified atom stereocenters. The van der Waals surface area contributed by atoms with Crippen molar-refractivity contribution in [3.8, 4) is 11.8 Å². The van der Waals surface area contributed by atoms with Gasteiger partial charge in [0.25, 0.3) is 0 Å². The lowest BCUT2D eigenvalue weighted by Gasteiger charge is -2.17. The SMILES string of the molecule is CN(Cc1ccccc1C#CCN)C(=O)CS(C)(=O)=O. The predicted octanol–water partition coefficient (Wildman–Crippen LogP) is -0.000200. The quantitative estimate of drug-likeness (QED) is 0.793. The number of nitrogens with two attached hydrogens (primary N) is 1. The van der Waals surface area contributed by atoms with E-state index < -0.39 is 21.5 Å². The molecule has 1 amide bonds. The van der Waals surface area contributed by atoms with Gasteiger partial charge in [0.15, 0.2) is 9.84 Å². The van der Waals surface area contributed by atoms with E-state index in [4.69, 9.17) is 5.73 Å². The Kier molecular flexibility index (Phi) is 5.74. The normalized spacial score (nSPS) is 10.6. The van der Waals surface area contributed by atoms with Gasteiger partial charge in [-0.15, -0.1) is 0 Å². The molecule has 1 aromatic rings. The molecule has 0 fully saturated rings. The van der Waals surface area contributed by atoms with Crippen LogP contribution in [0.4, 0.5) is 0 Å². The van der Waals surface area contributed by atoms with Crippen molar-refractivity contribution in [2.24, 2.45) is 5.73 Å². The lowest BCUT2D eigenvalue weighted by atomic mass is 10.1. The van der Waals surface area contributed by atoms with E-state index in [1.165, 1.54) is 4.90 Å². The summed E-state index contributed by atoms with van der Waals surface area (Å²) in [5.41, 5.74) is 6.99. The van der Waals surface area contributed by atoms with Crippen LogP contribution >= 0.6 is 0 Å². The van der Waals surface area contributed by atoms with E-state index in [-0.39, 0.29) is 6.54 Å². The number of nitrogens with zero attached hydrogens (tertiary/aromatic N) is 1. The highest BCUT2D eigenvalue weighted by Gasteiger charge is 2.16. The van der Waals surface area contributed by atoms with Crippen molar-refractivity contribution < 1.29 is 13.2 Å². The monoisotopic (exact) mass is 294 g/mol. The largest absolute Gasteiger partial charge is 0.341 e. The maximum absolute atomic E-state index is 11.8. The van der Waals surface area contributed by atoms with E-state index >= 15 is 0 Å². The van der Waals surface area contributed by atoms with E-state index in [0.29, 0.717) is 6.54 Å². The molecule has 0 aliphatic carbocycles. The first kappa shape index (κ1) is 16.2. The van der Waals surface area contributed by atoms with Gasteiger partial charge in [0.05, 0.1) is 6.54 Å². The molecule has 1 aromatic carbocycles. The van der Waals surface area contributed by atoms with Crippen LogP contribution in [0.25, 0.3) is 0 Å². The first-order valence-electron chi connectivity index (χ1n) is 6.02. The Bertz CT molecular complexity index is 642. The molecule has 1 rings (SSSR count). The van der Waals surface area contributed by atoms with Crippen molar-refractivity contribution in [3.63, 3.8) is 0 Å². The van der Waals surface area contributed by atoms with Gasteiger partial charge in [0.1, 0.15) is 5.75 Å². The van der Waals surface area contributed by atoms with Crippen LogP contribution in [0.2, 0.25) is 0 Å². The van der Waals surface area contributed by atoms with E-state index in [1.807, 2.05) is 24.3 Å². The highest BCUT2D eigenvalue weighted by atomic mass is 32.2. The topological polar surface area (TPSA) is 80.5 Å². The summed E-state index contributed by atoms with van der Waals surface area (Å²) in [5, 5.41) is 0. The number of rotatable bonds is 4. The average molecular weight is 294 g/mol. The molecule has 0 heterocycles. The number of hydrogen-bond donors (Lipinski definition) is 1. The Hall–Kier alpha value is -1.84. The fourth-order valence-electron chi connectivity index (χ4n) is 1.60. The number of benzene rings is 1. The molecule has 0 saturated heterocycles. The van der Waals surface area contributed by atoms with Gasteiger partial charge in [0, 0.05) is 25.4 Å². The molecular formula is C14H18N2O3S. The summed E-state index contributed by atoms with van der Waals surface area (Å²) in [6.07, 6.45) is 1.04. The number of carbonyl (C=O) groups is 1. The van der Waals surface area contributed by atoms with E-state index in [9.17, 15) is 13.2 Å². The Balaban J connectivity index is 2.85. The Labute approximate surface area is 119 Å². The minimum absolute atomic E-state index is 0.261. The summed E-state index contributed by atoms with van der Waals surface area (Å²) in [6, 6.07) is 7.39. The Morgan fingerprint density at radius 3 is 2.60 bits per heavy atom. The van der Waals surface area contributed by atoms with Gasteiger partial charge in [-0.05, 0) is 11.6 Å². The minimum Gasteiger partial charge on any atom is -0.341 e. The van der Waals surface area contributed by atoms with Gasteiger partial charge < -0.3 is 10.6 Å². The summed E-state index contributed by atoms with van der Waals surface area (Å²) in [4.78, 5) is 13.2. The van der Waals surface area contributed by atoms with E-state index in [0.717, 1.165) is 17.4 Å². The molecule has 108 valence electrons. The molecule has 0 saturated carbocycles. The molecule has 0 radical (unpaired) electrons. The smallest absolute Gasteiger partial charge is 0.237 e. The van der Waals surface area contributed by atoms with Crippen molar-refractivity contribution in [1.82, 2.24) is 4.90 Å². The molecular weight excluding hydrogens is 276 g/mol. The number of sulfone groups is 1. The third-order valence-corrected chi connectivity index (χ3v) is 3.33. The van der Waals surface area contributed by atoms with Crippen LogP contribution in [0.5, 0.6) is 0 Å². The Morgan fingerprint density at radius 2 is 2.00 bits per heavy atom. The summed E-state index contributed by atoms with van der Waals surface area (Å²) >= 11 is 0. The van der Waals surface area contributed by atoms with Crippen LogP contribution in [0.15, 0.2) is 24.3 Å². The maximum Gasteiger partial charge on any atom is 0.237 e. The van der Waals surface area contributed by atoms with Crippen LogP contribution in [-0.4, -0.2) is 44.8 Å². The van der Waals surface area contributed by atoms with Crippen LogP contribution in [0, 0.1) is 11.8 Å². The van der Waals surface area contributed by atoms with Gasteiger partial charge in [-0.2, -0.15) is 0 Å². The minimum atomic E-state index is -3.32. The van der Waals surface area contributed by atoms with Crippen molar-refractivity contribution >= 4 is 15.7 Å². The van der Waals surface area contributed by atoms with Crippen LogP contribution in [0.3, 0.4) is 0 Å². The number of amides is 1.